The Morgan fingerprint density at radius 3 is 2.35 bits per heavy atom. The number of carbonyl (C=O) groups excluding carboxylic acids is 2. The molecule has 0 saturated heterocycles. The number of rotatable bonds is 9. The molecule has 0 spiro atoms. The topological polar surface area (TPSA) is 49.4 Å². The van der Waals surface area contributed by atoms with Crippen molar-refractivity contribution in [3.8, 4) is 0 Å². The van der Waals surface area contributed by atoms with Gasteiger partial charge in [0, 0.05) is 44.0 Å². The predicted octanol–water partition coefficient (Wildman–Crippen LogP) is 7.40. The highest BCUT2D eigenvalue weighted by atomic mass is 35.5. The van der Waals surface area contributed by atoms with Gasteiger partial charge in [-0.25, -0.2) is 0 Å². The van der Waals surface area contributed by atoms with Crippen LogP contribution in [0.5, 0.6) is 0 Å². The summed E-state index contributed by atoms with van der Waals surface area (Å²) in [6.45, 7) is 1.90. The van der Waals surface area contributed by atoms with E-state index in [1.807, 2.05) is 6.07 Å². The first-order valence-corrected chi connectivity index (χ1v) is 14.0. The van der Waals surface area contributed by atoms with Gasteiger partial charge in [0.2, 0.25) is 11.8 Å². The van der Waals surface area contributed by atoms with Gasteiger partial charge in [-0.15, -0.1) is 11.8 Å². The summed E-state index contributed by atoms with van der Waals surface area (Å²) in [6, 6.07) is 10.0. The molecule has 1 N–H and O–H groups in total. The fourth-order valence-electron chi connectivity index (χ4n) is 3.98. The largest absolute Gasteiger partial charge is 0.352 e. The summed E-state index contributed by atoms with van der Waals surface area (Å²) in [5.74, 6) is 0.402. The number of hydrogen-bond donors (Lipinski definition) is 1. The molecule has 0 aromatic heterocycles. The fraction of sp³-hybridized carbons (Fsp3) is 0.440. The van der Waals surface area contributed by atoms with Gasteiger partial charge in [0.05, 0.1) is 5.75 Å². The molecule has 9 heteroatoms. The standard InChI is InChI=1S/C25H28Cl4N2O2S/c1-16(25(33)30-19-6-3-2-4-7-19)31(13-20-21(27)8-5-9-22(20)28)24(32)15-34-14-17-10-11-18(26)12-23(17)29/h5,8-12,16,19H,2-4,6-7,13-15H2,1H3,(H,30,33). The van der Waals surface area contributed by atoms with Crippen LogP contribution in [0.25, 0.3) is 0 Å². The lowest BCUT2D eigenvalue weighted by molar-refractivity contribution is -0.139. The minimum atomic E-state index is -0.665. The van der Waals surface area contributed by atoms with E-state index in [-0.39, 0.29) is 30.2 Å². The van der Waals surface area contributed by atoms with Gasteiger partial charge in [-0.3, -0.25) is 9.59 Å². The van der Waals surface area contributed by atoms with E-state index in [4.69, 9.17) is 46.4 Å². The second kappa shape index (κ2) is 13.3. The summed E-state index contributed by atoms with van der Waals surface area (Å²) < 4.78 is 0. The van der Waals surface area contributed by atoms with Gasteiger partial charge in [-0.2, -0.15) is 0 Å². The molecule has 2 aromatic rings. The van der Waals surface area contributed by atoms with Crippen LogP contribution in [-0.2, 0) is 21.9 Å². The Morgan fingerprint density at radius 2 is 1.71 bits per heavy atom. The average Bonchev–Trinajstić information content (AvgIpc) is 2.80. The third-order valence-corrected chi connectivity index (χ3v) is 8.27. The predicted molar refractivity (Wildman–Crippen MR) is 144 cm³/mol. The SMILES string of the molecule is CC(C(=O)NC1CCCCC1)N(Cc1c(Cl)cccc1Cl)C(=O)CSCc1ccc(Cl)cc1Cl. The first-order chi connectivity index (χ1) is 16.3. The van der Waals surface area contributed by atoms with Crippen LogP contribution in [0.1, 0.15) is 50.2 Å². The van der Waals surface area contributed by atoms with Crippen LogP contribution in [0.15, 0.2) is 36.4 Å². The van der Waals surface area contributed by atoms with Crippen LogP contribution >= 0.6 is 58.2 Å². The zero-order chi connectivity index (χ0) is 24.7. The zero-order valence-electron chi connectivity index (χ0n) is 19.0. The van der Waals surface area contributed by atoms with Gasteiger partial charge in [0.1, 0.15) is 6.04 Å². The van der Waals surface area contributed by atoms with Crippen molar-refractivity contribution in [1.82, 2.24) is 10.2 Å². The maximum absolute atomic E-state index is 13.3. The van der Waals surface area contributed by atoms with Gasteiger partial charge in [0.15, 0.2) is 0 Å². The van der Waals surface area contributed by atoms with Gasteiger partial charge in [-0.05, 0) is 49.6 Å². The van der Waals surface area contributed by atoms with Crippen LogP contribution in [0, 0.1) is 0 Å². The Hall–Kier alpha value is -1.11. The number of hydrogen-bond acceptors (Lipinski definition) is 3. The monoisotopic (exact) mass is 560 g/mol. The number of benzene rings is 2. The van der Waals surface area contributed by atoms with Crippen molar-refractivity contribution in [1.29, 1.82) is 0 Å². The van der Waals surface area contributed by atoms with Crippen LogP contribution in [-0.4, -0.2) is 34.6 Å². The van der Waals surface area contributed by atoms with Crippen molar-refractivity contribution in [3.63, 3.8) is 0 Å². The van der Waals surface area contributed by atoms with E-state index in [9.17, 15) is 9.59 Å². The lowest BCUT2D eigenvalue weighted by Gasteiger charge is -2.31. The molecule has 34 heavy (non-hydrogen) atoms. The Labute approximate surface area is 225 Å². The Balaban J connectivity index is 1.71. The van der Waals surface area contributed by atoms with Crippen LogP contribution in [0.4, 0.5) is 0 Å². The first kappa shape index (κ1) is 27.5. The zero-order valence-corrected chi connectivity index (χ0v) is 22.8. The number of amides is 2. The molecule has 184 valence electrons. The molecule has 0 heterocycles. The quantitative estimate of drug-likeness (QED) is 0.347. The molecule has 0 aliphatic heterocycles. The first-order valence-electron chi connectivity index (χ1n) is 11.3. The molecule has 1 unspecified atom stereocenters. The third-order valence-electron chi connectivity index (χ3n) is 6.01. The van der Waals surface area contributed by atoms with Gasteiger partial charge < -0.3 is 10.2 Å². The average molecular weight is 562 g/mol. The molecule has 3 rings (SSSR count). The van der Waals surface area contributed by atoms with Crippen molar-refractivity contribution < 1.29 is 9.59 Å². The van der Waals surface area contributed by atoms with E-state index in [1.54, 1.807) is 42.2 Å². The van der Waals surface area contributed by atoms with Crippen molar-refractivity contribution in [3.05, 3.63) is 67.6 Å². The van der Waals surface area contributed by atoms with Gasteiger partial charge in [-0.1, -0.05) is 77.8 Å². The second-order valence-corrected chi connectivity index (χ2v) is 11.1. The third kappa shape index (κ3) is 7.69. The highest BCUT2D eigenvalue weighted by molar-refractivity contribution is 7.99. The highest BCUT2D eigenvalue weighted by Crippen LogP contribution is 2.28. The maximum Gasteiger partial charge on any atom is 0.242 e. The van der Waals surface area contributed by atoms with Crippen LogP contribution < -0.4 is 5.32 Å². The minimum Gasteiger partial charge on any atom is -0.352 e. The maximum atomic E-state index is 13.3. The van der Waals surface area contributed by atoms with Crippen molar-refractivity contribution >= 4 is 70.0 Å². The summed E-state index contributed by atoms with van der Waals surface area (Å²) in [7, 11) is 0. The number of carbonyl (C=O) groups is 2. The Kier molecular flexibility index (Phi) is 10.7. The van der Waals surface area contributed by atoms with Crippen LogP contribution in [0.3, 0.4) is 0 Å². The van der Waals surface area contributed by atoms with E-state index in [0.717, 1.165) is 31.2 Å². The lowest BCUT2D eigenvalue weighted by atomic mass is 9.95. The molecule has 1 aliphatic carbocycles. The molecular weight excluding hydrogens is 534 g/mol. The minimum absolute atomic E-state index is 0.152. The molecule has 4 nitrogen and oxygen atoms in total. The smallest absolute Gasteiger partial charge is 0.242 e. The summed E-state index contributed by atoms with van der Waals surface area (Å²) >= 11 is 26.4. The molecule has 0 bridgehead atoms. The molecule has 1 atom stereocenters. The van der Waals surface area contributed by atoms with E-state index >= 15 is 0 Å². The highest BCUT2D eigenvalue weighted by Gasteiger charge is 2.29. The normalized spacial score (nSPS) is 15.1. The summed E-state index contributed by atoms with van der Waals surface area (Å²) in [6.07, 6.45) is 5.37. The number of nitrogens with zero attached hydrogens (tertiary/aromatic N) is 1. The van der Waals surface area contributed by atoms with E-state index in [1.165, 1.54) is 18.2 Å². The molecule has 2 amide bonds. The molecular formula is C25H28Cl4N2O2S. The second-order valence-electron chi connectivity index (χ2n) is 8.47. The Bertz CT molecular complexity index is 994. The van der Waals surface area contributed by atoms with Crippen molar-refractivity contribution in [2.75, 3.05) is 5.75 Å². The van der Waals surface area contributed by atoms with Gasteiger partial charge in [0.25, 0.3) is 0 Å². The summed E-state index contributed by atoms with van der Waals surface area (Å²) in [4.78, 5) is 28.0. The summed E-state index contributed by atoms with van der Waals surface area (Å²) in [5.41, 5.74) is 1.52. The van der Waals surface area contributed by atoms with Gasteiger partial charge >= 0.3 is 0 Å². The molecule has 1 fully saturated rings. The fourth-order valence-corrected chi connectivity index (χ4v) is 5.96. The molecule has 1 saturated carbocycles. The van der Waals surface area contributed by atoms with E-state index in [2.05, 4.69) is 5.32 Å². The lowest BCUT2D eigenvalue weighted by Crippen LogP contribution is -2.50. The number of nitrogens with one attached hydrogen (secondary N) is 1. The van der Waals surface area contributed by atoms with Crippen molar-refractivity contribution in [2.24, 2.45) is 0 Å². The molecule has 2 aromatic carbocycles. The van der Waals surface area contributed by atoms with Crippen molar-refractivity contribution in [2.45, 2.75) is 63.4 Å². The van der Waals surface area contributed by atoms with Crippen LogP contribution in [0.2, 0.25) is 20.1 Å². The van der Waals surface area contributed by atoms with E-state index < -0.39 is 6.04 Å². The molecule has 1 aliphatic rings. The number of thioether (sulfide) groups is 1. The number of halogens is 4. The summed E-state index contributed by atoms with van der Waals surface area (Å²) in [5, 5.41) is 5.18. The van der Waals surface area contributed by atoms with E-state index in [0.29, 0.717) is 31.4 Å². The molecule has 0 radical (unpaired) electrons. The Morgan fingerprint density at radius 1 is 1.03 bits per heavy atom.